The first-order valence-electron chi connectivity index (χ1n) is 2.83. The lowest BCUT2D eigenvalue weighted by molar-refractivity contribution is -0.719. The molecule has 0 atom stereocenters. The molecule has 0 aromatic carbocycles. The van der Waals surface area contributed by atoms with Crippen LogP contribution in [-0.4, -0.2) is 27.9 Å². The van der Waals surface area contributed by atoms with E-state index in [2.05, 4.69) is 15.2 Å². The highest BCUT2D eigenvalue weighted by atomic mass is 16.7. The third-order valence-corrected chi connectivity index (χ3v) is 1.08. The Hall–Kier alpha value is -2.26. The number of azo groups is 1. The predicted octanol–water partition coefficient (Wildman–Crippen LogP) is -0.150. The molecule has 10 nitrogen and oxygen atoms in total. The predicted molar refractivity (Wildman–Crippen MR) is 35.5 cm³/mol. The molecule has 0 saturated carbocycles. The van der Waals surface area contributed by atoms with Crippen LogP contribution in [0.2, 0.25) is 0 Å². The maximum atomic E-state index is 10.3. The number of amides is 2. The van der Waals surface area contributed by atoms with Crippen LogP contribution in [-0.2, 0) is 0 Å². The van der Waals surface area contributed by atoms with Crippen LogP contribution in [0.3, 0.4) is 0 Å². The molecule has 0 radical (unpaired) electrons. The summed E-state index contributed by atoms with van der Waals surface area (Å²) in [6.45, 7) is 0. The van der Waals surface area contributed by atoms with Crippen LogP contribution in [0.4, 0.5) is 4.79 Å². The van der Waals surface area contributed by atoms with Crippen LogP contribution >= 0.6 is 0 Å². The quantitative estimate of drug-likeness (QED) is 0.343. The Bertz CT molecular complexity index is 330. The van der Waals surface area contributed by atoms with Gasteiger partial charge in [-0.25, -0.2) is 4.79 Å². The van der Waals surface area contributed by atoms with Gasteiger partial charge < -0.3 is 0 Å². The fraction of sp³-hybridized carbons (Fsp3) is 0.333. The van der Waals surface area contributed by atoms with Gasteiger partial charge in [-0.2, -0.15) is 4.99 Å². The lowest BCUT2D eigenvalue weighted by atomic mass is 10.5. The van der Waals surface area contributed by atoms with Gasteiger partial charge in [0.05, 0.1) is 0 Å². The first kappa shape index (κ1) is 8.83. The molecule has 68 valence electrons. The van der Waals surface area contributed by atoms with Crippen molar-refractivity contribution in [1.29, 1.82) is 0 Å². The molecule has 0 spiro atoms. The summed E-state index contributed by atoms with van der Waals surface area (Å²) in [4.78, 5) is 31.0. The normalized spacial score (nSPS) is 14.8. The Morgan fingerprint density at radius 2 is 1.69 bits per heavy atom. The number of hydrogen-bond donors (Lipinski definition) is 0. The first-order chi connectivity index (χ1) is 6.02. The highest BCUT2D eigenvalue weighted by molar-refractivity contribution is 5.99. The number of nitrogens with zero attached hydrogens (tertiary/aromatic N) is 5. The van der Waals surface area contributed by atoms with Crippen LogP contribution in [0.1, 0.15) is 0 Å². The summed E-state index contributed by atoms with van der Waals surface area (Å²) in [5.41, 5.74) is 0. The molecule has 2 amide bonds. The third-order valence-electron chi connectivity index (χ3n) is 1.08. The Morgan fingerprint density at radius 1 is 1.15 bits per heavy atom. The van der Waals surface area contributed by atoms with E-state index in [1.165, 1.54) is 0 Å². The highest BCUT2D eigenvalue weighted by Gasteiger charge is 2.42. The molecule has 0 unspecified atom stereocenters. The van der Waals surface area contributed by atoms with Gasteiger partial charge in [0.15, 0.2) is 0 Å². The Morgan fingerprint density at radius 3 is 2.00 bits per heavy atom. The van der Waals surface area contributed by atoms with Gasteiger partial charge in [0.25, 0.3) is 0 Å². The molecule has 0 fully saturated rings. The van der Waals surface area contributed by atoms with Crippen molar-refractivity contribution < 1.29 is 14.6 Å². The van der Waals surface area contributed by atoms with Crippen molar-refractivity contribution in [1.82, 2.24) is 0 Å². The zero-order valence-corrected chi connectivity index (χ0v) is 5.85. The summed E-state index contributed by atoms with van der Waals surface area (Å²) in [5.74, 6) is -0.806. The molecular weight excluding hydrogens is 186 g/mol. The maximum Gasteiger partial charge on any atom is 0.511 e. The molecule has 1 aliphatic rings. The third kappa shape index (κ3) is 1.66. The molecule has 0 aliphatic carbocycles. The lowest BCUT2D eigenvalue weighted by Gasteiger charge is -1.95. The van der Waals surface area contributed by atoms with E-state index in [9.17, 15) is 25.0 Å². The minimum Gasteiger partial charge on any atom is -0.258 e. The molecule has 0 bridgehead atoms. The number of nitro groups is 2. The molecule has 1 aliphatic heterocycles. The van der Waals surface area contributed by atoms with Gasteiger partial charge in [0, 0.05) is 0 Å². The number of urea groups is 1. The van der Waals surface area contributed by atoms with E-state index in [4.69, 9.17) is 0 Å². The van der Waals surface area contributed by atoms with Gasteiger partial charge in [-0.15, -0.1) is 5.11 Å². The number of hydrogen-bond acceptors (Lipinski definition) is 6. The van der Waals surface area contributed by atoms with Crippen molar-refractivity contribution in [2.75, 3.05) is 0 Å². The van der Waals surface area contributed by atoms with E-state index >= 15 is 0 Å². The molecule has 10 heteroatoms. The second kappa shape index (κ2) is 3.00. The fourth-order valence-corrected chi connectivity index (χ4v) is 0.612. The number of aliphatic imine (C=N–C) groups is 1. The van der Waals surface area contributed by atoms with Crippen LogP contribution in [0.15, 0.2) is 15.2 Å². The SMILES string of the molecule is O=C1N=NC(C([N+](=O)[O-])[N+](=O)[O-])=N1. The van der Waals surface area contributed by atoms with Crippen LogP contribution in [0.25, 0.3) is 0 Å². The number of amidine groups is 1. The van der Waals surface area contributed by atoms with Gasteiger partial charge >= 0.3 is 18.0 Å². The Labute approximate surface area is 69.3 Å². The second-order valence-electron chi connectivity index (χ2n) is 1.90. The van der Waals surface area contributed by atoms with Crippen LogP contribution in [0, 0.1) is 20.2 Å². The van der Waals surface area contributed by atoms with Crippen molar-refractivity contribution in [2.24, 2.45) is 15.2 Å². The van der Waals surface area contributed by atoms with E-state index in [0.717, 1.165) is 0 Å². The van der Waals surface area contributed by atoms with Crippen molar-refractivity contribution >= 4 is 11.9 Å². The average Bonchev–Trinajstić information content (AvgIpc) is 2.34. The molecule has 0 N–H and O–H groups in total. The number of rotatable bonds is 3. The summed E-state index contributed by atoms with van der Waals surface area (Å²) in [6.07, 6.45) is -2.32. The molecule has 1 heterocycles. The molecule has 13 heavy (non-hydrogen) atoms. The molecular formula is C3HN5O5. The largest absolute Gasteiger partial charge is 0.511 e. The highest BCUT2D eigenvalue weighted by Crippen LogP contribution is 2.05. The lowest BCUT2D eigenvalue weighted by Crippen LogP contribution is -2.35. The molecule has 0 aromatic rings. The van der Waals surface area contributed by atoms with Crippen molar-refractivity contribution in [3.8, 4) is 0 Å². The van der Waals surface area contributed by atoms with E-state index in [1.54, 1.807) is 0 Å². The standard InChI is InChI=1S/C3HN5O5/c9-3-4-1(5-6-3)2(7(10)11)8(12)13/h2H. The monoisotopic (exact) mass is 187 g/mol. The smallest absolute Gasteiger partial charge is 0.258 e. The summed E-state index contributed by atoms with van der Waals surface area (Å²) in [5, 5.41) is 25.9. The summed E-state index contributed by atoms with van der Waals surface area (Å²) in [7, 11) is 0. The number of carbonyl (C=O) groups excluding carboxylic acids is 1. The van der Waals surface area contributed by atoms with Gasteiger partial charge in [0.1, 0.15) is 9.85 Å². The van der Waals surface area contributed by atoms with Gasteiger partial charge in [-0.05, 0) is 0 Å². The minimum atomic E-state index is -2.32. The second-order valence-corrected chi connectivity index (χ2v) is 1.90. The van der Waals surface area contributed by atoms with E-state index in [1.807, 2.05) is 0 Å². The fourth-order valence-electron chi connectivity index (χ4n) is 0.612. The van der Waals surface area contributed by atoms with E-state index in [0.29, 0.717) is 0 Å². The summed E-state index contributed by atoms with van der Waals surface area (Å²) < 4.78 is 0. The van der Waals surface area contributed by atoms with E-state index in [-0.39, 0.29) is 0 Å². The molecule has 1 rings (SSSR count). The summed E-state index contributed by atoms with van der Waals surface area (Å²) >= 11 is 0. The van der Waals surface area contributed by atoms with Crippen LogP contribution in [0.5, 0.6) is 0 Å². The summed E-state index contributed by atoms with van der Waals surface area (Å²) in [6, 6.07) is -1.08. The van der Waals surface area contributed by atoms with Gasteiger partial charge in [0.2, 0.25) is 0 Å². The van der Waals surface area contributed by atoms with Crippen molar-refractivity contribution in [3.63, 3.8) is 0 Å². The Balaban J connectivity index is 2.97. The van der Waals surface area contributed by atoms with E-state index < -0.39 is 27.9 Å². The average molecular weight is 187 g/mol. The van der Waals surface area contributed by atoms with Crippen molar-refractivity contribution in [2.45, 2.75) is 6.17 Å². The first-order valence-corrected chi connectivity index (χ1v) is 2.83. The molecule has 0 aromatic heterocycles. The minimum absolute atomic E-state index is 0.806. The zero-order chi connectivity index (χ0) is 10.0. The zero-order valence-electron chi connectivity index (χ0n) is 5.85. The molecule has 0 saturated heterocycles. The van der Waals surface area contributed by atoms with Crippen LogP contribution < -0.4 is 0 Å². The maximum absolute atomic E-state index is 10.3. The van der Waals surface area contributed by atoms with Gasteiger partial charge in [-0.1, -0.05) is 5.11 Å². The number of carbonyl (C=O) groups is 1. The topological polar surface area (TPSA) is 140 Å². The van der Waals surface area contributed by atoms with Crippen molar-refractivity contribution in [3.05, 3.63) is 20.2 Å². The van der Waals surface area contributed by atoms with Gasteiger partial charge in [-0.3, -0.25) is 20.2 Å². The Kier molecular flexibility index (Phi) is 2.04.